The molecule has 6 nitrogen and oxygen atoms in total. The van der Waals surface area contributed by atoms with E-state index in [0.29, 0.717) is 16.7 Å². The first-order valence-electron chi connectivity index (χ1n) is 8.94. The first-order chi connectivity index (χ1) is 14.0. The second-order valence-corrected chi connectivity index (χ2v) is 7.56. The summed E-state index contributed by atoms with van der Waals surface area (Å²) in [5, 5.41) is 11.8. The zero-order valence-electron chi connectivity index (χ0n) is 16.0. The Morgan fingerprint density at radius 2 is 2.00 bits per heavy atom. The molecule has 1 amide bonds. The van der Waals surface area contributed by atoms with Crippen molar-refractivity contribution in [1.82, 2.24) is 14.8 Å². The number of thioether (sulfide) groups is 1. The second kappa shape index (κ2) is 9.76. The van der Waals surface area contributed by atoms with Crippen molar-refractivity contribution in [2.75, 3.05) is 11.1 Å². The van der Waals surface area contributed by atoms with Gasteiger partial charge in [-0.05, 0) is 42.3 Å². The van der Waals surface area contributed by atoms with Crippen LogP contribution in [0.3, 0.4) is 0 Å². The smallest absolute Gasteiger partial charge is 0.234 e. The first-order valence-corrected chi connectivity index (χ1v) is 10.3. The van der Waals surface area contributed by atoms with Gasteiger partial charge in [-0.3, -0.25) is 4.79 Å². The molecule has 1 N–H and O–H groups in total. The van der Waals surface area contributed by atoms with Crippen LogP contribution in [0.15, 0.2) is 47.6 Å². The van der Waals surface area contributed by atoms with Crippen molar-refractivity contribution < 1.29 is 13.9 Å². The Bertz CT molecular complexity index is 995. The third kappa shape index (κ3) is 5.71. The average Bonchev–Trinajstić information content (AvgIpc) is 3.06. The minimum absolute atomic E-state index is 0.116. The van der Waals surface area contributed by atoms with Gasteiger partial charge in [-0.2, -0.15) is 0 Å². The topological polar surface area (TPSA) is 69.0 Å². The summed E-state index contributed by atoms with van der Waals surface area (Å²) in [7, 11) is 1.79. The first kappa shape index (κ1) is 21.1. The number of hydrogen-bond donors (Lipinski definition) is 1. The predicted octanol–water partition coefficient (Wildman–Crippen LogP) is 4.48. The van der Waals surface area contributed by atoms with Gasteiger partial charge in [0.05, 0.1) is 10.8 Å². The van der Waals surface area contributed by atoms with Gasteiger partial charge >= 0.3 is 0 Å². The van der Waals surface area contributed by atoms with Crippen molar-refractivity contribution in [1.29, 1.82) is 0 Å². The maximum atomic E-state index is 13.1. The van der Waals surface area contributed by atoms with Crippen LogP contribution in [0.5, 0.6) is 5.75 Å². The van der Waals surface area contributed by atoms with E-state index in [2.05, 4.69) is 22.4 Å². The summed E-state index contributed by atoms with van der Waals surface area (Å²) in [5.41, 5.74) is 1.98. The second-order valence-electron chi connectivity index (χ2n) is 6.21. The molecule has 0 spiro atoms. The molecule has 0 saturated heterocycles. The number of benzene rings is 2. The van der Waals surface area contributed by atoms with Gasteiger partial charge in [-0.25, -0.2) is 4.39 Å². The van der Waals surface area contributed by atoms with E-state index in [-0.39, 0.29) is 23.3 Å². The standard InChI is InChI=1S/C20H20ClFN4O2S/c1-3-13-4-7-15(8-5-13)23-19(27)12-29-20-25-24-18(26(20)2)11-28-17-9-6-14(22)10-16(17)21/h4-10H,3,11-12H2,1-2H3,(H,23,27). The molecule has 0 fully saturated rings. The number of aryl methyl sites for hydroxylation is 1. The van der Waals surface area contributed by atoms with Crippen LogP contribution in [0.1, 0.15) is 18.3 Å². The molecular weight excluding hydrogens is 415 g/mol. The van der Waals surface area contributed by atoms with E-state index in [1.54, 1.807) is 11.6 Å². The number of nitrogens with one attached hydrogen (secondary N) is 1. The van der Waals surface area contributed by atoms with Crippen LogP contribution in [-0.2, 0) is 24.9 Å². The fourth-order valence-corrected chi connectivity index (χ4v) is 3.43. The highest BCUT2D eigenvalue weighted by molar-refractivity contribution is 7.99. The van der Waals surface area contributed by atoms with Gasteiger partial charge in [-0.1, -0.05) is 42.4 Å². The third-order valence-corrected chi connectivity index (χ3v) is 5.47. The number of hydrogen-bond acceptors (Lipinski definition) is 5. The van der Waals surface area contributed by atoms with Gasteiger partial charge in [-0.15, -0.1) is 10.2 Å². The van der Waals surface area contributed by atoms with Crippen LogP contribution in [-0.4, -0.2) is 26.4 Å². The van der Waals surface area contributed by atoms with Crippen molar-refractivity contribution >= 4 is 35.0 Å². The van der Waals surface area contributed by atoms with Gasteiger partial charge in [0, 0.05) is 12.7 Å². The van der Waals surface area contributed by atoms with Crippen LogP contribution in [0, 0.1) is 5.82 Å². The number of aromatic nitrogens is 3. The van der Waals surface area contributed by atoms with Crippen molar-refractivity contribution in [3.05, 3.63) is 64.7 Å². The lowest BCUT2D eigenvalue weighted by Gasteiger charge is -2.08. The molecule has 0 saturated carbocycles. The number of anilines is 1. The van der Waals surface area contributed by atoms with Gasteiger partial charge in [0.15, 0.2) is 11.0 Å². The number of rotatable bonds is 8. The highest BCUT2D eigenvalue weighted by Crippen LogP contribution is 2.26. The normalized spacial score (nSPS) is 10.8. The van der Waals surface area contributed by atoms with Crippen LogP contribution in [0.4, 0.5) is 10.1 Å². The number of halogens is 2. The molecule has 29 heavy (non-hydrogen) atoms. The summed E-state index contributed by atoms with van der Waals surface area (Å²) < 4.78 is 20.4. The Morgan fingerprint density at radius 3 is 2.69 bits per heavy atom. The SMILES string of the molecule is CCc1ccc(NC(=O)CSc2nnc(COc3ccc(F)cc3Cl)n2C)cc1. The van der Waals surface area contributed by atoms with Gasteiger partial charge in [0.2, 0.25) is 5.91 Å². The largest absolute Gasteiger partial charge is 0.484 e. The van der Waals surface area contributed by atoms with Gasteiger partial charge in [0.25, 0.3) is 0 Å². The van der Waals surface area contributed by atoms with E-state index in [1.165, 1.54) is 35.5 Å². The van der Waals surface area contributed by atoms with E-state index in [1.807, 2.05) is 24.3 Å². The van der Waals surface area contributed by atoms with Crippen LogP contribution < -0.4 is 10.1 Å². The van der Waals surface area contributed by atoms with Crippen molar-refractivity contribution in [3.8, 4) is 5.75 Å². The fourth-order valence-electron chi connectivity index (χ4n) is 2.48. The minimum Gasteiger partial charge on any atom is -0.484 e. The lowest BCUT2D eigenvalue weighted by molar-refractivity contribution is -0.113. The van der Waals surface area contributed by atoms with Crippen molar-refractivity contribution in [3.63, 3.8) is 0 Å². The summed E-state index contributed by atoms with van der Waals surface area (Å²) in [6, 6.07) is 11.7. The number of ether oxygens (including phenoxy) is 1. The number of carbonyl (C=O) groups is 1. The maximum Gasteiger partial charge on any atom is 0.234 e. The minimum atomic E-state index is -0.431. The Hall–Kier alpha value is -2.58. The van der Waals surface area contributed by atoms with E-state index >= 15 is 0 Å². The van der Waals surface area contributed by atoms with E-state index in [4.69, 9.17) is 16.3 Å². The summed E-state index contributed by atoms with van der Waals surface area (Å²) in [5.74, 6) is 0.561. The Balaban J connectivity index is 1.52. The summed E-state index contributed by atoms with van der Waals surface area (Å²) in [4.78, 5) is 12.2. The number of amides is 1. The monoisotopic (exact) mass is 434 g/mol. The van der Waals surface area contributed by atoms with Crippen molar-refractivity contribution in [2.45, 2.75) is 25.1 Å². The molecule has 0 atom stereocenters. The fraction of sp³-hybridized carbons (Fsp3) is 0.250. The summed E-state index contributed by atoms with van der Waals surface area (Å²) in [6.07, 6.45) is 0.954. The molecule has 9 heteroatoms. The van der Waals surface area contributed by atoms with Crippen LogP contribution >= 0.6 is 23.4 Å². The van der Waals surface area contributed by atoms with E-state index in [9.17, 15) is 9.18 Å². The lowest BCUT2D eigenvalue weighted by Crippen LogP contribution is -2.14. The zero-order valence-corrected chi connectivity index (χ0v) is 17.6. The summed E-state index contributed by atoms with van der Waals surface area (Å²) in [6.45, 7) is 2.20. The molecular formula is C20H20ClFN4O2S. The predicted molar refractivity (Wildman–Crippen MR) is 112 cm³/mol. The molecule has 0 aliphatic heterocycles. The molecule has 1 heterocycles. The van der Waals surface area contributed by atoms with Gasteiger partial charge in [0.1, 0.15) is 18.2 Å². The lowest BCUT2D eigenvalue weighted by atomic mass is 10.1. The highest BCUT2D eigenvalue weighted by atomic mass is 35.5. The maximum absolute atomic E-state index is 13.1. The quantitative estimate of drug-likeness (QED) is 0.529. The molecule has 152 valence electrons. The molecule has 0 radical (unpaired) electrons. The molecule has 0 unspecified atom stereocenters. The molecule has 1 aromatic heterocycles. The van der Waals surface area contributed by atoms with Crippen LogP contribution in [0.2, 0.25) is 5.02 Å². The number of nitrogens with zero attached hydrogens (tertiary/aromatic N) is 3. The molecule has 2 aromatic carbocycles. The Kier molecular flexibility index (Phi) is 7.11. The zero-order chi connectivity index (χ0) is 20.8. The number of carbonyl (C=O) groups excluding carboxylic acids is 1. The Morgan fingerprint density at radius 1 is 1.24 bits per heavy atom. The average molecular weight is 435 g/mol. The van der Waals surface area contributed by atoms with Crippen LogP contribution in [0.25, 0.3) is 0 Å². The highest BCUT2D eigenvalue weighted by Gasteiger charge is 2.13. The molecule has 0 aliphatic carbocycles. The van der Waals surface area contributed by atoms with E-state index < -0.39 is 5.82 Å². The molecule has 0 bridgehead atoms. The Labute approximate surface area is 177 Å². The summed E-state index contributed by atoms with van der Waals surface area (Å²) >= 11 is 7.23. The molecule has 0 aliphatic rings. The molecule has 3 rings (SSSR count). The van der Waals surface area contributed by atoms with E-state index in [0.717, 1.165) is 12.1 Å². The molecule has 3 aromatic rings. The third-order valence-electron chi connectivity index (χ3n) is 4.15. The van der Waals surface area contributed by atoms with Gasteiger partial charge < -0.3 is 14.6 Å². The van der Waals surface area contributed by atoms with Crippen molar-refractivity contribution in [2.24, 2.45) is 7.05 Å².